The van der Waals surface area contributed by atoms with Gasteiger partial charge in [0.1, 0.15) is 0 Å². The van der Waals surface area contributed by atoms with E-state index in [1.807, 2.05) is 18.2 Å². The molecule has 2 atom stereocenters. The van der Waals surface area contributed by atoms with E-state index in [0.29, 0.717) is 31.3 Å². The molecule has 0 bridgehead atoms. The molecule has 2 N–H and O–H groups in total. The van der Waals surface area contributed by atoms with Crippen molar-refractivity contribution in [1.82, 2.24) is 5.32 Å². The number of hydrogen-bond donors (Lipinski definition) is 2. The molecule has 1 heterocycles. The molecule has 0 saturated carbocycles. The normalized spacial score (nSPS) is 23.1. The Hall–Kier alpha value is -1.30. The summed E-state index contributed by atoms with van der Waals surface area (Å²) in [4.78, 5) is 0. The van der Waals surface area contributed by atoms with Crippen LogP contribution in [0.15, 0.2) is 18.2 Å². The van der Waals surface area contributed by atoms with E-state index in [2.05, 4.69) is 5.32 Å². The molecule has 0 radical (unpaired) electrons. The molecular weight excluding hydrogens is 234 g/mol. The van der Waals surface area contributed by atoms with Gasteiger partial charge in [-0.3, -0.25) is 0 Å². The van der Waals surface area contributed by atoms with Gasteiger partial charge in [0, 0.05) is 6.54 Å². The van der Waals surface area contributed by atoms with E-state index >= 15 is 0 Å². The Balaban J connectivity index is 1.97. The van der Waals surface area contributed by atoms with E-state index in [4.69, 9.17) is 14.2 Å². The number of methoxy groups -OCH3 is 2. The van der Waals surface area contributed by atoms with Crippen LogP contribution < -0.4 is 14.8 Å². The summed E-state index contributed by atoms with van der Waals surface area (Å²) in [7, 11) is 3.23. The fourth-order valence-electron chi connectivity index (χ4n) is 1.98. The van der Waals surface area contributed by atoms with Gasteiger partial charge in [0.25, 0.3) is 0 Å². The first kappa shape index (κ1) is 13.1. The van der Waals surface area contributed by atoms with Gasteiger partial charge in [0.05, 0.1) is 39.6 Å². The number of benzene rings is 1. The average molecular weight is 253 g/mol. The van der Waals surface area contributed by atoms with Gasteiger partial charge in [-0.2, -0.15) is 0 Å². The standard InChI is InChI=1S/C13H19NO4/c1-16-12-4-3-9(5-13(12)17-2)6-14-10-7-18-8-11(10)15/h3-5,10-11,14-15H,6-8H2,1-2H3. The van der Waals surface area contributed by atoms with E-state index in [0.717, 1.165) is 5.56 Å². The molecule has 2 unspecified atom stereocenters. The summed E-state index contributed by atoms with van der Waals surface area (Å²) < 4.78 is 15.6. The topological polar surface area (TPSA) is 60.0 Å². The molecule has 2 rings (SSSR count). The summed E-state index contributed by atoms with van der Waals surface area (Å²) in [5.41, 5.74) is 1.08. The largest absolute Gasteiger partial charge is 0.493 e. The monoisotopic (exact) mass is 253 g/mol. The minimum atomic E-state index is -0.426. The minimum Gasteiger partial charge on any atom is -0.493 e. The zero-order chi connectivity index (χ0) is 13.0. The van der Waals surface area contributed by atoms with Crippen molar-refractivity contribution < 1.29 is 19.3 Å². The summed E-state index contributed by atoms with van der Waals surface area (Å²) in [6.45, 7) is 1.61. The molecule has 1 saturated heterocycles. The van der Waals surface area contributed by atoms with Crippen LogP contribution in [0.5, 0.6) is 11.5 Å². The maximum Gasteiger partial charge on any atom is 0.161 e. The van der Waals surface area contributed by atoms with E-state index in [-0.39, 0.29) is 6.04 Å². The van der Waals surface area contributed by atoms with Crippen LogP contribution in [0, 0.1) is 0 Å². The van der Waals surface area contributed by atoms with Gasteiger partial charge in [-0.25, -0.2) is 0 Å². The number of ether oxygens (including phenoxy) is 3. The molecule has 0 amide bonds. The van der Waals surface area contributed by atoms with Crippen molar-refractivity contribution in [2.45, 2.75) is 18.7 Å². The Bertz CT molecular complexity index is 397. The molecule has 100 valence electrons. The predicted octanol–water partition coefficient (Wildman–Crippen LogP) is 0.553. The third kappa shape index (κ3) is 2.93. The number of hydrogen-bond acceptors (Lipinski definition) is 5. The van der Waals surface area contributed by atoms with Gasteiger partial charge < -0.3 is 24.6 Å². The van der Waals surface area contributed by atoms with Crippen LogP contribution in [-0.4, -0.2) is 44.7 Å². The molecule has 1 fully saturated rings. The van der Waals surface area contributed by atoms with Crippen molar-refractivity contribution in [2.24, 2.45) is 0 Å². The molecule has 0 aromatic heterocycles. The molecular formula is C13H19NO4. The molecule has 5 heteroatoms. The van der Waals surface area contributed by atoms with Crippen LogP contribution in [-0.2, 0) is 11.3 Å². The Morgan fingerprint density at radius 3 is 2.67 bits per heavy atom. The number of aliphatic hydroxyl groups excluding tert-OH is 1. The second kappa shape index (κ2) is 6.04. The third-order valence-electron chi connectivity index (χ3n) is 3.07. The average Bonchev–Trinajstić information content (AvgIpc) is 2.81. The Labute approximate surface area is 107 Å². The molecule has 1 aromatic carbocycles. The lowest BCUT2D eigenvalue weighted by atomic mass is 10.1. The van der Waals surface area contributed by atoms with Crippen LogP contribution in [0.3, 0.4) is 0 Å². The first-order chi connectivity index (χ1) is 8.74. The van der Waals surface area contributed by atoms with Crippen molar-refractivity contribution >= 4 is 0 Å². The smallest absolute Gasteiger partial charge is 0.161 e. The third-order valence-corrected chi connectivity index (χ3v) is 3.07. The zero-order valence-electron chi connectivity index (χ0n) is 10.7. The summed E-state index contributed by atoms with van der Waals surface area (Å²) in [5, 5.41) is 12.9. The second-order valence-electron chi connectivity index (χ2n) is 4.28. The van der Waals surface area contributed by atoms with Gasteiger partial charge in [0.2, 0.25) is 0 Å². The Morgan fingerprint density at radius 1 is 1.28 bits per heavy atom. The van der Waals surface area contributed by atoms with Gasteiger partial charge in [0.15, 0.2) is 11.5 Å². The molecule has 0 spiro atoms. The van der Waals surface area contributed by atoms with Crippen LogP contribution in [0.25, 0.3) is 0 Å². The van der Waals surface area contributed by atoms with E-state index in [1.54, 1.807) is 14.2 Å². The molecule has 18 heavy (non-hydrogen) atoms. The lowest BCUT2D eigenvalue weighted by Crippen LogP contribution is -2.38. The molecule has 1 aliphatic heterocycles. The maximum atomic E-state index is 9.62. The first-order valence-corrected chi connectivity index (χ1v) is 5.94. The SMILES string of the molecule is COc1ccc(CNC2COCC2O)cc1OC. The van der Waals surface area contributed by atoms with E-state index in [9.17, 15) is 5.11 Å². The molecule has 0 aliphatic carbocycles. The summed E-state index contributed by atoms with van der Waals surface area (Å²) in [5.74, 6) is 1.42. The van der Waals surface area contributed by atoms with E-state index < -0.39 is 6.10 Å². The summed E-state index contributed by atoms with van der Waals surface area (Å²) in [6.07, 6.45) is -0.426. The Morgan fingerprint density at radius 2 is 2.06 bits per heavy atom. The predicted molar refractivity (Wildman–Crippen MR) is 67.0 cm³/mol. The highest BCUT2D eigenvalue weighted by Crippen LogP contribution is 2.27. The van der Waals surface area contributed by atoms with Crippen LogP contribution in [0.4, 0.5) is 0 Å². The van der Waals surface area contributed by atoms with Crippen LogP contribution in [0.1, 0.15) is 5.56 Å². The van der Waals surface area contributed by atoms with Crippen molar-refractivity contribution in [3.63, 3.8) is 0 Å². The quantitative estimate of drug-likeness (QED) is 0.802. The van der Waals surface area contributed by atoms with Gasteiger partial charge in [-0.1, -0.05) is 6.07 Å². The van der Waals surface area contributed by atoms with Gasteiger partial charge in [-0.15, -0.1) is 0 Å². The highest BCUT2D eigenvalue weighted by atomic mass is 16.5. The van der Waals surface area contributed by atoms with Crippen molar-refractivity contribution in [1.29, 1.82) is 0 Å². The number of aliphatic hydroxyl groups is 1. The fraction of sp³-hybridized carbons (Fsp3) is 0.538. The lowest BCUT2D eigenvalue weighted by molar-refractivity contribution is 0.122. The number of rotatable bonds is 5. The van der Waals surface area contributed by atoms with Crippen molar-refractivity contribution in [2.75, 3.05) is 27.4 Å². The van der Waals surface area contributed by atoms with Crippen molar-refractivity contribution in [3.8, 4) is 11.5 Å². The summed E-state index contributed by atoms with van der Waals surface area (Å²) in [6, 6.07) is 5.76. The molecule has 1 aromatic rings. The number of nitrogens with one attached hydrogen (secondary N) is 1. The second-order valence-corrected chi connectivity index (χ2v) is 4.28. The highest BCUT2D eigenvalue weighted by Gasteiger charge is 2.25. The van der Waals surface area contributed by atoms with Gasteiger partial charge in [-0.05, 0) is 17.7 Å². The van der Waals surface area contributed by atoms with Gasteiger partial charge >= 0.3 is 0 Å². The molecule has 5 nitrogen and oxygen atoms in total. The minimum absolute atomic E-state index is 0.00176. The molecule has 1 aliphatic rings. The first-order valence-electron chi connectivity index (χ1n) is 5.94. The van der Waals surface area contributed by atoms with Crippen molar-refractivity contribution in [3.05, 3.63) is 23.8 Å². The van der Waals surface area contributed by atoms with E-state index in [1.165, 1.54) is 0 Å². The Kier molecular flexibility index (Phi) is 4.41. The van der Waals surface area contributed by atoms with Crippen LogP contribution >= 0.6 is 0 Å². The zero-order valence-corrected chi connectivity index (χ0v) is 10.7. The highest BCUT2D eigenvalue weighted by molar-refractivity contribution is 5.42. The maximum absolute atomic E-state index is 9.62. The fourth-order valence-corrected chi connectivity index (χ4v) is 1.98. The summed E-state index contributed by atoms with van der Waals surface area (Å²) >= 11 is 0. The lowest BCUT2D eigenvalue weighted by Gasteiger charge is -2.15. The van der Waals surface area contributed by atoms with Crippen LogP contribution in [0.2, 0.25) is 0 Å².